The smallest absolute Gasteiger partial charge is 0.253 e. The molecular weight excluding hydrogens is 356 g/mol. The van der Waals surface area contributed by atoms with Crippen LogP contribution in [0.1, 0.15) is 53.0 Å². The normalized spacial score (nSPS) is 11.9. The predicted octanol–water partition coefficient (Wildman–Crippen LogP) is 3.61. The summed E-state index contributed by atoms with van der Waals surface area (Å²) < 4.78 is 10.6. The first-order valence-corrected chi connectivity index (χ1v) is 9.68. The number of carbonyl (C=O) groups is 2. The van der Waals surface area contributed by atoms with Crippen LogP contribution in [0.5, 0.6) is 11.5 Å². The topological polar surface area (TPSA) is 67.9 Å². The van der Waals surface area contributed by atoms with E-state index in [-0.39, 0.29) is 18.6 Å². The lowest BCUT2D eigenvalue weighted by Crippen LogP contribution is -2.32. The Morgan fingerprint density at radius 2 is 1.57 bits per heavy atom. The first-order chi connectivity index (χ1) is 13.6. The van der Waals surface area contributed by atoms with Crippen molar-refractivity contribution in [2.24, 2.45) is 0 Å². The van der Waals surface area contributed by atoms with E-state index in [0.29, 0.717) is 23.4 Å². The first kappa shape index (κ1) is 19.7. The summed E-state index contributed by atoms with van der Waals surface area (Å²) in [6.45, 7) is 6.21. The molecule has 2 amide bonds. The monoisotopic (exact) mass is 382 g/mol. The fraction of sp³-hybridized carbons (Fsp3) is 0.364. The summed E-state index contributed by atoms with van der Waals surface area (Å²) in [5, 5.41) is 2.89. The molecule has 0 saturated heterocycles. The van der Waals surface area contributed by atoms with Crippen LogP contribution in [0.4, 0.5) is 0 Å². The van der Waals surface area contributed by atoms with Gasteiger partial charge in [0.05, 0.1) is 0 Å². The van der Waals surface area contributed by atoms with Crippen LogP contribution in [-0.2, 0) is 6.54 Å². The molecule has 0 atom stereocenters. The van der Waals surface area contributed by atoms with Crippen molar-refractivity contribution < 1.29 is 19.1 Å². The van der Waals surface area contributed by atoms with Crippen molar-refractivity contribution >= 4 is 11.8 Å². The zero-order chi connectivity index (χ0) is 19.9. The van der Waals surface area contributed by atoms with Crippen LogP contribution < -0.4 is 14.8 Å². The molecule has 2 aromatic rings. The van der Waals surface area contributed by atoms with Crippen molar-refractivity contribution in [3.63, 3.8) is 0 Å². The first-order valence-electron chi connectivity index (χ1n) is 9.68. The van der Waals surface area contributed by atoms with Crippen molar-refractivity contribution in [3.8, 4) is 11.5 Å². The minimum Gasteiger partial charge on any atom is -0.454 e. The fourth-order valence-electron chi connectivity index (χ4n) is 3.14. The van der Waals surface area contributed by atoms with Crippen LogP contribution in [-0.4, -0.2) is 36.6 Å². The van der Waals surface area contributed by atoms with E-state index < -0.39 is 0 Å². The van der Waals surface area contributed by atoms with Gasteiger partial charge in [-0.1, -0.05) is 19.9 Å². The van der Waals surface area contributed by atoms with Gasteiger partial charge in [-0.2, -0.15) is 0 Å². The van der Waals surface area contributed by atoms with Crippen LogP contribution in [0.25, 0.3) is 0 Å². The van der Waals surface area contributed by atoms with E-state index in [0.717, 1.165) is 37.2 Å². The van der Waals surface area contributed by atoms with E-state index in [1.807, 2.05) is 23.1 Å². The Kier molecular flexibility index (Phi) is 6.53. The zero-order valence-electron chi connectivity index (χ0n) is 16.4. The Labute approximate surface area is 165 Å². The third-order valence-electron chi connectivity index (χ3n) is 4.56. The average molecular weight is 382 g/mol. The van der Waals surface area contributed by atoms with Crippen LogP contribution >= 0.6 is 0 Å². The van der Waals surface area contributed by atoms with Gasteiger partial charge in [-0.3, -0.25) is 9.59 Å². The van der Waals surface area contributed by atoms with Crippen molar-refractivity contribution in [2.75, 3.05) is 19.9 Å². The van der Waals surface area contributed by atoms with E-state index in [4.69, 9.17) is 9.47 Å². The molecule has 28 heavy (non-hydrogen) atoms. The van der Waals surface area contributed by atoms with Gasteiger partial charge >= 0.3 is 0 Å². The Hall–Kier alpha value is -3.02. The molecule has 0 fully saturated rings. The highest BCUT2D eigenvalue weighted by atomic mass is 16.7. The molecule has 148 valence electrons. The molecule has 0 radical (unpaired) electrons. The van der Waals surface area contributed by atoms with E-state index in [9.17, 15) is 9.59 Å². The van der Waals surface area contributed by atoms with E-state index in [2.05, 4.69) is 19.2 Å². The Morgan fingerprint density at radius 1 is 0.929 bits per heavy atom. The van der Waals surface area contributed by atoms with Gasteiger partial charge in [0.2, 0.25) is 6.79 Å². The second kappa shape index (κ2) is 9.26. The summed E-state index contributed by atoms with van der Waals surface area (Å²) in [6, 6.07) is 12.4. The molecule has 3 rings (SSSR count). The molecule has 0 aliphatic carbocycles. The number of fused-ring (bicyclic) bond motifs is 1. The summed E-state index contributed by atoms with van der Waals surface area (Å²) in [5.74, 6) is 1.24. The standard InChI is InChI=1S/C22H26N2O4/c1-3-11-24(12-4-2)22(26)18-8-6-17(7-9-18)21(25)23-14-16-5-10-19-20(13-16)28-15-27-19/h5-10,13H,3-4,11-12,14-15H2,1-2H3,(H,23,25). The Morgan fingerprint density at radius 3 is 2.25 bits per heavy atom. The molecule has 2 aromatic carbocycles. The van der Waals surface area contributed by atoms with Crippen LogP contribution in [0.2, 0.25) is 0 Å². The molecule has 1 aliphatic rings. The van der Waals surface area contributed by atoms with Crippen molar-refractivity contribution in [1.82, 2.24) is 10.2 Å². The quantitative estimate of drug-likeness (QED) is 0.757. The van der Waals surface area contributed by atoms with Crippen molar-refractivity contribution in [1.29, 1.82) is 0 Å². The van der Waals surface area contributed by atoms with Crippen LogP contribution in [0, 0.1) is 0 Å². The molecule has 0 saturated carbocycles. The van der Waals surface area contributed by atoms with Gasteiger partial charge in [-0.05, 0) is 54.8 Å². The zero-order valence-corrected chi connectivity index (χ0v) is 16.4. The maximum absolute atomic E-state index is 12.6. The predicted molar refractivity (Wildman–Crippen MR) is 107 cm³/mol. The Bertz CT molecular complexity index is 827. The molecule has 0 spiro atoms. The molecule has 6 heteroatoms. The number of amides is 2. The maximum Gasteiger partial charge on any atom is 0.253 e. The van der Waals surface area contributed by atoms with E-state index in [1.54, 1.807) is 24.3 Å². The van der Waals surface area contributed by atoms with Gasteiger partial charge in [-0.15, -0.1) is 0 Å². The van der Waals surface area contributed by atoms with E-state index >= 15 is 0 Å². The lowest BCUT2D eigenvalue weighted by atomic mass is 10.1. The van der Waals surface area contributed by atoms with E-state index in [1.165, 1.54) is 0 Å². The van der Waals surface area contributed by atoms with Crippen molar-refractivity contribution in [3.05, 3.63) is 59.2 Å². The number of benzene rings is 2. The molecule has 1 aliphatic heterocycles. The number of ether oxygens (including phenoxy) is 2. The highest BCUT2D eigenvalue weighted by Gasteiger charge is 2.16. The number of hydrogen-bond acceptors (Lipinski definition) is 4. The maximum atomic E-state index is 12.6. The number of nitrogens with zero attached hydrogens (tertiary/aromatic N) is 1. The molecule has 1 N–H and O–H groups in total. The minimum absolute atomic E-state index is 0.0102. The largest absolute Gasteiger partial charge is 0.454 e. The second-order valence-corrected chi connectivity index (χ2v) is 6.74. The minimum atomic E-state index is -0.185. The summed E-state index contributed by atoms with van der Waals surface area (Å²) in [4.78, 5) is 26.9. The highest BCUT2D eigenvalue weighted by molar-refractivity contribution is 5.97. The molecular formula is C22H26N2O4. The lowest BCUT2D eigenvalue weighted by molar-refractivity contribution is 0.0755. The van der Waals surface area contributed by atoms with Gasteiger partial charge in [0.1, 0.15) is 0 Å². The van der Waals surface area contributed by atoms with Crippen molar-refractivity contribution in [2.45, 2.75) is 33.2 Å². The lowest BCUT2D eigenvalue weighted by Gasteiger charge is -2.21. The van der Waals surface area contributed by atoms with Gasteiger partial charge < -0.3 is 19.7 Å². The fourth-order valence-corrected chi connectivity index (χ4v) is 3.14. The SMILES string of the molecule is CCCN(CCC)C(=O)c1ccc(C(=O)NCc2ccc3c(c2)OCO3)cc1. The summed E-state index contributed by atoms with van der Waals surface area (Å²) in [6.07, 6.45) is 1.85. The molecule has 0 bridgehead atoms. The second-order valence-electron chi connectivity index (χ2n) is 6.74. The molecule has 0 unspecified atom stereocenters. The molecule has 6 nitrogen and oxygen atoms in total. The Balaban J connectivity index is 1.59. The number of carbonyl (C=O) groups excluding carboxylic acids is 2. The highest BCUT2D eigenvalue weighted by Crippen LogP contribution is 2.32. The third-order valence-corrected chi connectivity index (χ3v) is 4.56. The third kappa shape index (κ3) is 4.63. The van der Waals surface area contributed by atoms with Crippen LogP contribution in [0.15, 0.2) is 42.5 Å². The molecule has 1 heterocycles. The molecule has 0 aromatic heterocycles. The van der Waals surface area contributed by atoms with Gasteiger partial charge in [0.25, 0.3) is 11.8 Å². The number of nitrogens with one attached hydrogen (secondary N) is 1. The van der Waals surface area contributed by atoms with Gasteiger partial charge in [0.15, 0.2) is 11.5 Å². The van der Waals surface area contributed by atoms with Gasteiger partial charge in [0, 0.05) is 30.8 Å². The van der Waals surface area contributed by atoms with Gasteiger partial charge in [-0.25, -0.2) is 0 Å². The summed E-state index contributed by atoms with van der Waals surface area (Å²) >= 11 is 0. The number of hydrogen-bond donors (Lipinski definition) is 1. The van der Waals surface area contributed by atoms with Crippen LogP contribution in [0.3, 0.4) is 0 Å². The average Bonchev–Trinajstić information content (AvgIpc) is 3.19. The summed E-state index contributed by atoms with van der Waals surface area (Å²) in [5.41, 5.74) is 2.06. The summed E-state index contributed by atoms with van der Waals surface area (Å²) in [7, 11) is 0. The number of rotatable bonds is 8.